The van der Waals surface area contributed by atoms with E-state index in [4.69, 9.17) is 4.42 Å². The fourth-order valence-corrected chi connectivity index (χ4v) is 3.07. The molecule has 1 aromatic heterocycles. The fraction of sp³-hybridized carbons (Fsp3) is 0.565. The first-order chi connectivity index (χ1) is 13.2. The molecule has 0 aliphatic heterocycles. The Morgan fingerprint density at radius 1 is 1.18 bits per heavy atom. The van der Waals surface area contributed by atoms with Crippen molar-refractivity contribution in [1.82, 2.24) is 15.2 Å². The molecule has 5 heteroatoms. The number of rotatable bonds is 9. The zero-order valence-electron chi connectivity index (χ0n) is 18.4. The summed E-state index contributed by atoms with van der Waals surface area (Å²) < 4.78 is 5.63. The van der Waals surface area contributed by atoms with Crippen LogP contribution < -0.4 is 5.32 Å². The minimum Gasteiger partial charge on any atom is -0.447 e. The zero-order chi connectivity index (χ0) is 20.8. The molecule has 0 saturated heterocycles. The number of carbonyl (C=O) groups is 1. The molecule has 0 fully saturated rings. The lowest BCUT2D eigenvalue weighted by Crippen LogP contribution is -2.36. The number of hydrogen-bond donors (Lipinski definition) is 1. The smallest absolute Gasteiger partial charge is 0.273 e. The first-order valence-corrected chi connectivity index (χ1v) is 10.3. The van der Waals surface area contributed by atoms with Crippen LogP contribution in [0.5, 0.6) is 0 Å². The minimum atomic E-state index is -0.179. The molecule has 1 amide bonds. The Morgan fingerprint density at radius 3 is 2.50 bits per heavy atom. The highest BCUT2D eigenvalue weighted by Crippen LogP contribution is 2.20. The monoisotopic (exact) mass is 385 g/mol. The number of hydrogen-bond acceptors (Lipinski definition) is 4. The summed E-state index contributed by atoms with van der Waals surface area (Å²) in [6.07, 6.45) is 2.34. The third-order valence-corrected chi connectivity index (χ3v) is 5.52. The summed E-state index contributed by atoms with van der Waals surface area (Å²) in [5.74, 6) is 0.891. The van der Waals surface area contributed by atoms with Crippen LogP contribution in [0.25, 0.3) is 0 Å². The molecule has 2 unspecified atom stereocenters. The van der Waals surface area contributed by atoms with Crippen molar-refractivity contribution >= 4 is 5.91 Å². The van der Waals surface area contributed by atoms with E-state index in [9.17, 15) is 4.79 Å². The molecule has 0 saturated carbocycles. The Kier molecular flexibility index (Phi) is 7.81. The van der Waals surface area contributed by atoms with Crippen molar-refractivity contribution in [2.75, 3.05) is 0 Å². The van der Waals surface area contributed by atoms with E-state index in [2.05, 4.69) is 68.0 Å². The molecule has 0 bridgehead atoms. The quantitative estimate of drug-likeness (QED) is 0.669. The van der Waals surface area contributed by atoms with Gasteiger partial charge in [0.2, 0.25) is 5.89 Å². The van der Waals surface area contributed by atoms with E-state index in [1.54, 1.807) is 0 Å². The number of carbonyl (C=O) groups excluding carboxylic acids is 1. The van der Waals surface area contributed by atoms with Crippen molar-refractivity contribution in [3.8, 4) is 0 Å². The van der Waals surface area contributed by atoms with Crippen molar-refractivity contribution < 1.29 is 9.21 Å². The maximum atomic E-state index is 12.3. The molecular weight excluding hydrogens is 350 g/mol. The van der Waals surface area contributed by atoms with Gasteiger partial charge >= 0.3 is 0 Å². The van der Waals surface area contributed by atoms with E-state index in [0.29, 0.717) is 30.1 Å². The van der Waals surface area contributed by atoms with Crippen LogP contribution in [-0.4, -0.2) is 27.9 Å². The van der Waals surface area contributed by atoms with Gasteiger partial charge in [0.1, 0.15) is 6.26 Å². The van der Waals surface area contributed by atoms with E-state index in [0.717, 1.165) is 13.0 Å². The van der Waals surface area contributed by atoms with Gasteiger partial charge < -0.3 is 9.73 Å². The van der Waals surface area contributed by atoms with Gasteiger partial charge in [0, 0.05) is 18.6 Å². The maximum absolute atomic E-state index is 12.3. The first kappa shape index (κ1) is 22.2. The Labute approximate surface area is 169 Å². The summed E-state index contributed by atoms with van der Waals surface area (Å²) in [6.45, 7) is 16.4. The average molecular weight is 386 g/mol. The number of benzene rings is 1. The highest BCUT2D eigenvalue weighted by Gasteiger charge is 2.22. The molecule has 1 heterocycles. The van der Waals surface area contributed by atoms with Gasteiger partial charge in [-0.1, -0.05) is 44.5 Å². The van der Waals surface area contributed by atoms with Crippen molar-refractivity contribution in [2.24, 2.45) is 5.92 Å². The third kappa shape index (κ3) is 5.93. The van der Waals surface area contributed by atoms with Gasteiger partial charge in [-0.3, -0.25) is 9.69 Å². The molecule has 0 radical (unpaired) electrons. The summed E-state index contributed by atoms with van der Waals surface area (Å²) in [5.41, 5.74) is 4.22. The van der Waals surface area contributed by atoms with E-state index in [1.807, 2.05) is 13.8 Å². The molecular formula is C23H35N3O2. The molecule has 1 aromatic carbocycles. The van der Waals surface area contributed by atoms with Crippen LogP contribution in [0.3, 0.4) is 0 Å². The summed E-state index contributed by atoms with van der Waals surface area (Å²) >= 11 is 0. The van der Waals surface area contributed by atoms with E-state index in [-0.39, 0.29) is 11.9 Å². The standard InChI is InChI=1S/C23H35N3O2/c1-8-18(6)24-23(27)21-14-28-22(25-21)13-26(19(7)15(2)3)12-20-10-9-16(4)11-17(20)5/h9-11,14-15,18-19H,8,12-13H2,1-7H3,(H,24,27). The Balaban J connectivity index is 2.16. The predicted molar refractivity (Wildman–Crippen MR) is 113 cm³/mol. The molecule has 2 atom stereocenters. The van der Waals surface area contributed by atoms with Crippen molar-refractivity contribution in [3.05, 3.63) is 52.7 Å². The normalized spacial score (nSPS) is 13.8. The van der Waals surface area contributed by atoms with Crippen molar-refractivity contribution in [3.63, 3.8) is 0 Å². The van der Waals surface area contributed by atoms with Gasteiger partial charge in [-0.2, -0.15) is 0 Å². The van der Waals surface area contributed by atoms with Crippen LogP contribution in [0, 0.1) is 19.8 Å². The van der Waals surface area contributed by atoms with Crippen LogP contribution in [0.15, 0.2) is 28.9 Å². The van der Waals surface area contributed by atoms with E-state index in [1.165, 1.54) is 23.0 Å². The van der Waals surface area contributed by atoms with Crippen LogP contribution in [-0.2, 0) is 13.1 Å². The van der Waals surface area contributed by atoms with Crippen molar-refractivity contribution in [2.45, 2.75) is 80.1 Å². The second kappa shape index (κ2) is 9.87. The summed E-state index contributed by atoms with van der Waals surface area (Å²) in [5, 5.41) is 2.93. The summed E-state index contributed by atoms with van der Waals surface area (Å²) in [7, 11) is 0. The maximum Gasteiger partial charge on any atom is 0.273 e. The first-order valence-electron chi connectivity index (χ1n) is 10.3. The number of nitrogens with zero attached hydrogens (tertiary/aromatic N) is 2. The van der Waals surface area contributed by atoms with Crippen LogP contribution in [0.4, 0.5) is 0 Å². The summed E-state index contributed by atoms with van der Waals surface area (Å²) in [4.78, 5) is 19.1. The van der Waals surface area contributed by atoms with E-state index >= 15 is 0 Å². The van der Waals surface area contributed by atoms with Crippen LogP contribution in [0.1, 0.15) is 74.1 Å². The number of oxazole rings is 1. The van der Waals surface area contributed by atoms with Crippen LogP contribution in [0.2, 0.25) is 0 Å². The molecule has 0 aliphatic carbocycles. The molecule has 5 nitrogen and oxygen atoms in total. The lowest BCUT2D eigenvalue weighted by atomic mass is 10.0. The Bertz CT molecular complexity index is 782. The van der Waals surface area contributed by atoms with Crippen molar-refractivity contribution in [1.29, 1.82) is 0 Å². The van der Waals surface area contributed by atoms with Crippen LogP contribution >= 0.6 is 0 Å². The Morgan fingerprint density at radius 2 is 1.89 bits per heavy atom. The molecule has 154 valence electrons. The van der Waals surface area contributed by atoms with Gasteiger partial charge in [0.25, 0.3) is 5.91 Å². The lowest BCUT2D eigenvalue weighted by molar-refractivity contribution is 0.0934. The second-order valence-electron chi connectivity index (χ2n) is 8.23. The number of aromatic nitrogens is 1. The highest BCUT2D eigenvalue weighted by atomic mass is 16.3. The topological polar surface area (TPSA) is 58.4 Å². The van der Waals surface area contributed by atoms with Gasteiger partial charge in [-0.15, -0.1) is 0 Å². The summed E-state index contributed by atoms with van der Waals surface area (Å²) in [6, 6.07) is 7.05. The zero-order valence-corrected chi connectivity index (χ0v) is 18.4. The molecule has 28 heavy (non-hydrogen) atoms. The Hall–Kier alpha value is -2.14. The second-order valence-corrected chi connectivity index (χ2v) is 8.23. The average Bonchev–Trinajstić information content (AvgIpc) is 3.11. The van der Waals surface area contributed by atoms with Gasteiger partial charge in [0.15, 0.2) is 5.69 Å². The van der Waals surface area contributed by atoms with Gasteiger partial charge in [-0.05, 0) is 51.2 Å². The largest absolute Gasteiger partial charge is 0.447 e. The highest BCUT2D eigenvalue weighted by molar-refractivity contribution is 5.92. The third-order valence-electron chi connectivity index (χ3n) is 5.52. The molecule has 2 rings (SSSR count). The fourth-order valence-electron chi connectivity index (χ4n) is 3.07. The predicted octanol–water partition coefficient (Wildman–Crippen LogP) is 4.87. The van der Waals surface area contributed by atoms with Gasteiger partial charge in [-0.25, -0.2) is 4.98 Å². The van der Waals surface area contributed by atoms with Gasteiger partial charge in [0.05, 0.1) is 6.54 Å². The molecule has 0 aliphatic rings. The minimum absolute atomic E-state index is 0.120. The lowest BCUT2D eigenvalue weighted by Gasteiger charge is -2.31. The van der Waals surface area contributed by atoms with E-state index < -0.39 is 0 Å². The SMILES string of the molecule is CCC(C)NC(=O)c1coc(CN(Cc2ccc(C)cc2C)C(C)C(C)C)n1. The number of amides is 1. The molecule has 0 spiro atoms. The number of aryl methyl sites for hydroxylation is 2. The number of nitrogens with one attached hydrogen (secondary N) is 1. The molecule has 1 N–H and O–H groups in total. The molecule has 2 aromatic rings.